The van der Waals surface area contributed by atoms with Crippen LogP contribution in [0.2, 0.25) is 0 Å². The third-order valence-electron chi connectivity index (χ3n) is 2.67. The summed E-state index contributed by atoms with van der Waals surface area (Å²) in [5.41, 5.74) is 6.70. The van der Waals surface area contributed by atoms with Crippen molar-refractivity contribution in [3.8, 4) is 0 Å². The lowest BCUT2D eigenvalue weighted by Crippen LogP contribution is -2.34. The molecule has 1 atom stereocenters. The first-order chi connectivity index (χ1) is 7.67. The minimum atomic E-state index is 0.367. The molecule has 0 saturated carbocycles. The highest BCUT2D eigenvalue weighted by atomic mass is 15.1. The Bertz CT molecular complexity index is 310. The van der Waals surface area contributed by atoms with Gasteiger partial charge in [-0.2, -0.15) is 0 Å². The highest BCUT2D eigenvalue weighted by Gasteiger charge is 2.08. The van der Waals surface area contributed by atoms with E-state index in [0.29, 0.717) is 11.9 Å². The summed E-state index contributed by atoms with van der Waals surface area (Å²) < 4.78 is 0. The lowest BCUT2D eigenvalue weighted by atomic mass is 10.2. The first-order valence-corrected chi connectivity index (χ1v) is 5.86. The van der Waals surface area contributed by atoms with Crippen molar-refractivity contribution in [1.29, 1.82) is 0 Å². The molecule has 16 heavy (non-hydrogen) atoms. The molecule has 90 valence electrons. The Morgan fingerprint density at radius 1 is 1.44 bits per heavy atom. The van der Waals surface area contributed by atoms with Crippen LogP contribution in [0.15, 0.2) is 18.3 Å². The summed E-state index contributed by atoms with van der Waals surface area (Å²) in [6.45, 7) is 9.67. The molecule has 0 bridgehead atoms. The van der Waals surface area contributed by atoms with Crippen molar-refractivity contribution in [2.45, 2.75) is 26.8 Å². The minimum absolute atomic E-state index is 0.367. The Labute approximate surface area is 97.9 Å². The molecule has 0 saturated heterocycles. The fraction of sp³-hybridized carbons (Fsp3) is 0.583. The molecule has 0 aliphatic heterocycles. The van der Waals surface area contributed by atoms with Crippen LogP contribution in [0.3, 0.4) is 0 Å². The van der Waals surface area contributed by atoms with Gasteiger partial charge in [-0.25, -0.2) is 4.98 Å². The molecule has 1 aromatic rings. The van der Waals surface area contributed by atoms with Crippen LogP contribution in [0, 0.1) is 0 Å². The topological polar surface area (TPSA) is 54.2 Å². The van der Waals surface area contributed by atoms with Gasteiger partial charge in [0.05, 0.1) is 5.69 Å². The Balaban J connectivity index is 2.51. The second kappa shape index (κ2) is 6.33. The van der Waals surface area contributed by atoms with Gasteiger partial charge in [0, 0.05) is 18.8 Å². The molecule has 0 aliphatic rings. The van der Waals surface area contributed by atoms with Crippen LogP contribution in [0.25, 0.3) is 0 Å². The third-order valence-corrected chi connectivity index (χ3v) is 2.67. The van der Waals surface area contributed by atoms with Gasteiger partial charge in [-0.05, 0) is 32.1 Å². The summed E-state index contributed by atoms with van der Waals surface area (Å²) in [5, 5.41) is 3.38. The van der Waals surface area contributed by atoms with E-state index in [1.165, 1.54) is 0 Å². The number of aromatic nitrogens is 1. The Morgan fingerprint density at radius 3 is 2.69 bits per heavy atom. The zero-order chi connectivity index (χ0) is 12.0. The Hall–Kier alpha value is -1.29. The van der Waals surface area contributed by atoms with Gasteiger partial charge in [-0.15, -0.1) is 0 Å². The molecule has 0 spiro atoms. The highest BCUT2D eigenvalue weighted by Crippen LogP contribution is 2.14. The van der Waals surface area contributed by atoms with E-state index in [9.17, 15) is 0 Å². The maximum Gasteiger partial charge on any atom is 0.146 e. The quantitative estimate of drug-likeness (QED) is 0.770. The van der Waals surface area contributed by atoms with Crippen molar-refractivity contribution < 1.29 is 0 Å². The number of nitrogen functional groups attached to an aromatic ring is 1. The highest BCUT2D eigenvalue weighted by molar-refractivity contribution is 5.61. The number of pyridine rings is 1. The van der Waals surface area contributed by atoms with E-state index < -0.39 is 0 Å². The SMILES string of the molecule is CCN(CC)CC(C)Nc1cccnc1N. The van der Waals surface area contributed by atoms with Crippen molar-refractivity contribution >= 4 is 11.5 Å². The minimum Gasteiger partial charge on any atom is -0.382 e. The van der Waals surface area contributed by atoms with E-state index in [2.05, 4.69) is 36.0 Å². The second-order valence-corrected chi connectivity index (χ2v) is 3.97. The molecule has 1 rings (SSSR count). The molecule has 0 aliphatic carbocycles. The Kier molecular flexibility index (Phi) is 5.05. The summed E-state index contributed by atoms with van der Waals surface area (Å²) in [7, 11) is 0. The number of hydrogen-bond acceptors (Lipinski definition) is 4. The van der Waals surface area contributed by atoms with Crippen LogP contribution < -0.4 is 11.1 Å². The van der Waals surface area contributed by atoms with Crippen molar-refractivity contribution in [2.75, 3.05) is 30.7 Å². The first kappa shape index (κ1) is 12.8. The predicted molar refractivity (Wildman–Crippen MR) is 69.5 cm³/mol. The number of likely N-dealkylation sites (N-methyl/N-ethyl adjacent to an activating group) is 1. The van der Waals surface area contributed by atoms with Gasteiger partial charge < -0.3 is 16.0 Å². The number of nitrogens with zero attached hydrogens (tertiary/aromatic N) is 2. The van der Waals surface area contributed by atoms with Crippen molar-refractivity contribution in [3.63, 3.8) is 0 Å². The molecule has 0 radical (unpaired) electrons. The molecule has 1 aromatic heterocycles. The maximum absolute atomic E-state index is 5.78. The summed E-state index contributed by atoms with van der Waals surface area (Å²) in [5.74, 6) is 0.564. The first-order valence-electron chi connectivity index (χ1n) is 5.86. The van der Waals surface area contributed by atoms with Crippen LogP contribution in [-0.2, 0) is 0 Å². The van der Waals surface area contributed by atoms with Crippen LogP contribution in [-0.4, -0.2) is 35.6 Å². The molecule has 0 amide bonds. The van der Waals surface area contributed by atoms with E-state index >= 15 is 0 Å². The van der Waals surface area contributed by atoms with Gasteiger partial charge in [0.25, 0.3) is 0 Å². The van der Waals surface area contributed by atoms with Gasteiger partial charge in [-0.3, -0.25) is 0 Å². The molecule has 0 fully saturated rings. The zero-order valence-electron chi connectivity index (χ0n) is 10.4. The summed E-state index contributed by atoms with van der Waals surface area (Å²) in [6, 6.07) is 4.22. The lowest BCUT2D eigenvalue weighted by molar-refractivity contribution is 0.295. The molecular formula is C12H22N4. The molecule has 4 nitrogen and oxygen atoms in total. The standard InChI is InChI=1S/C12H22N4/c1-4-16(5-2)9-10(3)15-11-7-6-8-14-12(11)13/h6-8,10,15H,4-5,9H2,1-3H3,(H2,13,14). The normalized spacial score (nSPS) is 12.8. The summed E-state index contributed by atoms with van der Waals surface area (Å²) in [6.07, 6.45) is 1.70. The lowest BCUT2D eigenvalue weighted by Gasteiger charge is -2.24. The number of anilines is 2. The van der Waals surface area contributed by atoms with Gasteiger partial charge >= 0.3 is 0 Å². The summed E-state index contributed by atoms with van der Waals surface area (Å²) in [4.78, 5) is 6.43. The molecule has 3 N–H and O–H groups in total. The largest absolute Gasteiger partial charge is 0.382 e. The molecule has 4 heteroatoms. The molecule has 0 aromatic carbocycles. The van der Waals surface area contributed by atoms with Gasteiger partial charge in [0.2, 0.25) is 0 Å². The second-order valence-electron chi connectivity index (χ2n) is 3.97. The van der Waals surface area contributed by atoms with Gasteiger partial charge in [0.1, 0.15) is 5.82 Å². The van der Waals surface area contributed by atoms with Crippen LogP contribution >= 0.6 is 0 Å². The van der Waals surface area contributed by atoms with E-state index in [1.54, 1.807) is 6.20 Å². The van der Waals surface area contributed by atoms with Crippen molar-refractivity contribution in [1.82, 2.24) is 9.88 Å². The van der Waals surface area contributed by atoms with Crippen LogP contribution in [0.5, 0.6) is 0 Å². The third kappa shape index (κ3) is 3.70. The summed E-state index contributed by atoms with van der Waals surface area (Å²) >= 11 is 0. The van der Waals surface area contributed by atoms with Gasteiger partial charge in [-0.1, -0.05) is 13.8 Å². The van der Waals surface area contributed by atoms with Crippen molar-refractivity contribution in [2.24, 2.45) is 0 Å². The number of hydrogen-bond donors (Lipinski definition) is 2. The maximum atomic E-state index is 5.78. The molecule has 1 unspecified atom stereocenters. The van der Waals surface area contributed by atoms with Crippen LogP contribution in [0.4, 0.5) is 11.5 Å². The zero-order valence-corrected chi connectivity index (χ0v) is 10.4. The monoisotopic (exact) mass is 222 g/mol. The van der Waals surface area contributed by atoms with E-state index in [4.69, 9.17) is 5.73 Å². The van der Waals surface area contributed by atoms with Crippen molar-refractivity contribution in [3.05, 3.63) is 18.3 Å². The molecular weight excluding hydrogens is 200 g/mol. The van der Waals surface area contributed by atoms with Crippen LogP contribution in [0.1, 0.15) is 20.8 Å². The number of nitrogens with one attached hydrogen (secondary N) is 1. The fourth-order valence-corrected chi connectivity index (χ4v) is 1.72. The van der Waals surface area contributed by atoms with E-state index in [-0.39, 0.29) is 0 Å². The van der Waals surface area contributed by atoms with Gasteiger partial charge in [0.15, 0.2) is 0 Å². The van der Waals surface area contributed by atoms with E-state index in [1.807, 2.05) is 12.1 Å². The number of nitrogens with two attached hydrogens (primary N) is 1. The molecule has 1 heterocycles. The smallest absolute Gasteiger partial charge is 0.146 e. The van der Waals surface area contributed by atoms with E-state index in [0.717, 1.165) is 25.3 Å². The Morgan fingerprint density at radius 2 is 2.12 bits per heavy atom. The average Bonchev–Trinajstić information content (AvgIpc) is 2.29. The predicted octanol–water partition coefficient (Wildman–Crippen LogP) is 1.81. The fourth-order valence-electron chi connectivity index (χ4n) is 1.72. The average molecular weight is 222 g/mol. The number of rotatable bonds is 6.